The van der Waals surface area contributed by atoms with Gasteiger partial charge in [-0.2, -0.15) is 0 Å². The van der Waals surface area contributed by atoms with Crippen molar-refractivity contribution in [3.63, 3.8) is 0 Å². The molecule has 76 valence electrons. The van der Waals surface area contributed by atoms with Gasteiger partial charge in [0.05, 0.1) is 6.54 Å². The van der Waals surface area contributed by atoms with Gasteiger partial charge in [-0.3, -0.25) is 9.79 Å². The second-order valence-electron chi connectivity index (χ2n) is 3.25. The molecule has 0 rings (SSSR count). The predicted molar refractivity (Wildman–Crippen MR) is 53.1 cm³/mol. The van der Waals surface area contributed by atoms with Gasteiger partial charge >= 0.3 is 0 Å². The molecule has 0 aliphatic carbocycles. The highest BCUT2D eigenvalue weighted by atomic mass is 16.1. The Morgan fingerprint density at radius 2 is 2.08 bits per heavy atom. The Bertz CT molecular complexity index is 185. The summed E-state index contributed by atoms with van der Waals surface area (Å²) in [6, 6.07) is 0. The van der Waals surface area contributed by atoms with Gasteiger partial charge < -0.3 is 16.8 Å². The Labute approximate surface area is 78.6 Å². The van der Waals surface area contributed by atoms with Crippen LogP contribution < -0.4 is 16.8 Å². The van der Waals surface area contributed by atoms with Crippen LogP contribution in [0.4, 0.5) is 0 Å². The highest BCUT2D eigenvalue weighted by molar-refractivity contribution is 5.78. The Kier molecular flexibility index (Phi) is 5.67. The molecule has 0 unspecified atom stereocenters. The molecular formula is C8H18N4O. The second-order valence-corrected chi connectivity index (χ2v) is 3.25. The van der Waals surface area contributed by atoms with E-state index in [-0.39, 0.29) is 11.9 Å². The average molecular weight is 186 g/mol. The van der Waals surface area contributed by atoms with E-state index >= 15 is 0 Å². The number of nitrogens with one attached hydrogen (secondary N) is 1. The Morgan fingerprint density at radius 1 is 1.46 bits per heavy atom. The first-order chi connectivity index (χ1) is 6.02. The van der Waals surface area contributed by atoms with Crippen LogP contribution in [-0.4, -0.2) is 25.0 Å². The molecule has 0 aliphatic rings. The topological polar surface area (TPSA) is 93.5 Å². The third kappa shape index (κ3) is 8.65. The number of nitrogens with two attached hydrogens (primary N) is 2. The normalized spacial score (nSPS) is 9.77. The van der Waals surface area contributed by atoms with Crippen LogP contribution in [0.25, 0.3) is 0 Å². The van der Waals surface area contributed by atoms with Crippen LogP contribution in [0.2, 0.25) is 0 Å². The molecule has 5 heteroatoms. The first kappa shape index (κ1) is 11.7. The first-order valence-electron chi connectivity index (χ1n) is 4.34. The summed E-state index contributed by atoms with van der Waals surface area (Å²) in [6.45, 7) is 5.12. The number of guanidine groups is 1. The van der Waals surface area contributed by atoms with Crippen molar-refractivity contribution in [1.82, 2.24) is 5.32 Å². The number of amides is 1. The van der Waals surface area contributed by atoms with Gasteiger partial charge in [-0.1, -0.05) is 13.8 Å². The van der Waals surface area contributed by atoms with Crippen LogP contribution in [0.15, 0.2) is 4.99 Å². The molecule has 0 aromatic rings. The van der Waals surface area contributed by atoms with Crippen molar-refractivity contribution in [1.29, 1.82) is 0 Å². The molecule has 13 heavy (non-hydrogen) atoms. The van der Waals surface area contributed by atoms with Crippen LogP contribution in [0.1, 0.15) is 20.3 Å². The quantitative estimate of drug-likeness (QED) is 0.396. The van der Waals surface area contributed by atoms with E-state index in [2.05, 4.69) is 10.3 Å². The lowest BCUT2D eigenvalue weighted by atomic mass is 10.2. The lowest BCUT2D eigenvalue weighted by Crippen LogP contribution is -2.28. The van der Waals surface area contributed by atoms with Crippen molar-refractivity contribution in [2.75, 3.05) is 13.1 Å². The van der Waals surface area contributed by atoms with Crippen molar-refractivity contribution in [2.24, 2.45) is 22.4 Å². The molecule has 0 aromatic heterocycles. The molecule has 0 saturated carbocycles. The van der Waals surface area contributed by atoms with Crippen LogP contribution >= 0.6 is 0 Å². The van der Waals surface area contributed by atoms with Crippen molar-refractivity contribution < 1.29 is 4.79 Å². The fourth-order valence-electron chi connectivity index (χ4n) is 0.693. The summed E-state index contributed by atoms with van der Waals surface area (Å²) in [5.74, 6) is 0.474. The number of hydrogen-bond acceptors (Lipinski definition) is 2. The van der Waals surface area contributed by atoms with Crippen LogP contribution in [0.5, 0.6) is 0 Å². The molecular weight excluding hydrogens is 168 g/mol. The zero-order chi connectivity index (χ0) is 10.3. The van der Waals surface area contributed by atoms with E-state index in [1.807, 2.05) is 13.8 Å². The van der Waals surface area contributed by atoms with Gasteiger partial charge in [0.15, 0.2) is 5.96 Å². The molecule has 0 atom stereocenters. The number of nitrogens with zero attached hydrogens (tertiary/aromatic N) is 1. The molecule has 0 spiro atoms. The zero-order valence-electron chi connectivity index (χ0n) is 8.21. The van der Waals surface area contributed by atoms with E-state index in [1.165, 1.54) is 0 Å². The average Bonchev–Trinajstić information content (AvgIpc) is 2.00. The van der Waals surface area contributed by atoms with Crippen molar-refractivity contribution in [3.8, 4) is 0 Å². The minimum atomic E-state index is -0.0151. The maximum atomic E-state index is 11.1. The zero-order valence-corrected chi connectivity index (χ0v) is 8.21. The number of hydrogen-bond donors (Lipinski definition) is 3. The monoisotopic (exact) mass is 186 g/mol. The molecule has 5 nitrogen and oxygen atoms in total. The van der Waals surface area contributed by atoms with E-state index < -0.39 is 0 Å². The number of rotatable bonds is 5. The third-order valence-electron chi connectivity index (χ3n) is 1.34. The number of carbonyl (C=O) groups is 1. The van der Waals surface area contributed by atoms with Gasteiger partial charge in [0.25, 0.3) is 0 Å². The summed E-state index contributed by atoms with van der Waals surface area (Å²) in [4.78, 5) is 14.8. The van der Waals surface area contributed by atoms with Crippen LogP contribution in [0, 0.1) is 5.92 Å². The molecule has 0 fully saturated rings. The highest BCUT2D eigenvalue weighted by Gasteiger charge is 2.00. The summed E-state index contributed by atoms with van der Waals surface area (Å²) in [6.07, 6.45) is 0.338. The van der Waals surface area contributed by atoms with Gasteiger partial charge in [0, 0.05) is 13.0 Å². The van der Waals surface area contributed by atoms with Gasteiger partial charge in [0.2, 0.25) is 5.91 Å². The Morgan fingerprint density at radius 3 is 2.54 bits per heavy atom. The van der Waals surface area contributed by atoms with E-state index in [0.29, 0.717) is 25.4 Å². The van der Waals surface area contributed by atoms with E-state index in [4.69, 9.17) is 11.5 Å². The van der Waals surface area contributed by atoms with Crippen molar-refractivity contribution in [3.05, 3.63) is 0 Å². The molecule has 0 aromatic carbocycles. The molecule has 0 saturated heterocycles. The Hall–Kier alpha value is -1.26. The van der Waals surface area contributed by atoms with Crippen LogP contribution in [-0.2, 0) is 4.79 Å². The van der Waals surface area contributed by atoms with Gasteiger partial charge in [-0.15, -0.1) is 0 Å². The molecule has 0 heterocycles. The fourth-order valence-corrected chi connectivity index (χ4v) is 0.693. The molecule has 1 amide bonds. The SMILES string of the molecule is CC(C)CNC(=O)CCN=C(N)N. The van der Waals surface area contributed by atoms with Gasteiger partial charge in [0.1, 0.15) is 0 Å². The summed E-state index contributed by atoms with van der Waals surface area (Å²) < 4.78 is 0. The van der Waals surface area contributed by atoms with E-state index in [9.17, 15) is 4.79 Å². The van der Waals surface area contributed by atoms with Crippen molar-refractivity contribution in [2.45, 2.75) is 20.3 Å². The number of carbonyl (C=O) groups excluding carboxylic acids is 1. The Balaban J connectivity index is 3.47. The lowest BCUT2D eigenvalue weighted by Gasteiger charge is -2.06. The minimum absolute atomic E-state index is 0.0151. The molecule has 5 N–H and O–H groups in total. The third-order valence-corrected chi connectivity index (χ3v) is 1.34. The summed E-state index contributed by atoms with van der Waals surface area (Å²) >= 11 is 0. The first-order valence-corrected chi connectivity index (χ1v) is 4.34. The number of aliphatic imine (C=N–C) groups is 1. The largest absolute Gasteiger partial charge is 0.370 e. The van der Waals surface area contributed by atoms with Gasteiger partial charge in [-0.05, 0) is 5.92 Å². The summed E-state index contributed by atoms with van der Waals surface area (Å²) in [7, 11) is 0. The smallest absolute Gasteiger partial charge is 0.221 e. The highest BCUT2D eigenvalue weighted by Crippen LogP contribution is 1.88. The van der Waals surface area contributed by atoms with Crippen molar-refractivity contribution >= 4 is 11.9 Å². The van der Waals surface area contributed by atoms with E-state index in [0.717, 1.165) is 0 Å². The van der Waals surface area contributed by atoms with E-state index in [1.54, 1.807) is 0 Å². The molecule has 0 radical (unpaired) electrons. The standard InChI is InChI=1S/C8H18N4O/c1-6(2)5-12-7(13)3-4-11-8(9)10/h6H,3-5H2,1-2H3,(H,12,13)(H4,9,10,11). The molecule has 0 bridgehead atoms. The predicted octanol–water partition coefficient (Wildman–Crippen LogP) is -0.578. The summed E-state index contributed by atoms with van der Waals surface area (Å²) in [5.41, 5.74) is 10.2. The minimum Gasteiger partial charge on any atom is -0.370 e. The lowest BCUT2D eigenvalue weighted by molar-refractivity contribution is -0.121. The van der Waals surface area contributed by atoms with Crippen LogP contribution in [0.3, 0.4) is 0 Å². The second kappa shape index (κ2) is 6.28. The summed E-state index contributed by atoms with van der Waals surface area (Å²) in [5, 5.41) is 2.77. The maximum Gasteiger partial charge on any atom is 0.221 e. The van der Waals surface area contributed by atoms with Gasteiger partial charge in [-0.25, -0.2) is 0 Å². The maximum absolute atomic E-state index is 11.1. The molecule has 0 aliphatic heterocycles. The fraction of sp³-hybridized carbons (Fsp3) is 0.750.